The molecule has 5 heteroatoms. The highest BCUT2D eigenvalue weighted by Crippen LogP contribution is 2.25. The Morgan fingerprint density at radius 3 is 2.75 bits per heavy atom. The van der Waals surface area contributed by atoms with Gasteiger partial charge in [0, 0.05) is 18.5 Å². The molecule has 1 aliphatic rings. The second-order valence-electron chi connectivity index (χ2n) is 4.14. The standard InChI is InChI=1S/C11H13NO3S/c1-7-4-12(5-9(7)11(14)15)10(13)8-2-3-16-6-8/h2-3,6-7,9H,4-5H2,1H3,(H,14,15). The van der Waals surface area contributed by atoms with Gasteiger partial charge in [0.05, 0.1) is 11.5 Å². The van der Waals surface area contributed by atoms with Crippen molar-refractivity contribution < 1.29 is 14.7 Å². The third-order valence-corrected chi connectivity index (χ3v) is 3.67. The van der Waals surface area contributed by atoms with E-state index >= 15 is 0 Å². The van der Waals surface area contributed by atoms with Crippen LogP contribution in [0.3, 0.4) is 0 Å². The molecule has 1 fully saturated rings. The number of hydrogen-bond acceptors (Lipinski definition) is 3. The lowest BCUT2D eigenvalue weighted by molar-refractivity contribution is -0.142. The van der Waals surface area contributed by atoms with E-state index in [9.17, 15) is 9.59 Å². The van der Waals surface area contributed by atoms with Gasteiger partial charge in [-0.15, -0.1) is 0 Å². The average molecular weight is 239 g/mol. The summed E-state index contributed by atoms with van der Waals surface area (Å²) in [5, 5.41) is 12.6. The number of carbonyl (C=O) groups is 2. The van der Waals surface area contributed by atoms with Gasteiger partial charge in [0.1, 0.15) is 0 Å². The van der Waals surface area contributed by atoms with Crippen LogP contribution in [0, 0.1) is 11.8 Å². The van der Waals surface area contributed by atoms with Gasteiger partial charge in [-0.25, -0.2) is 0 Å². The molecule has 0 spiro atoms. The smallest absolute Gasteiger partial charge is 0.308 e. The predicted molar refractivity (Wildman–Crippen MR) is 60.5 cm³/mol. The summed E-state index contributed by atoms with van der Waals surface area (Å²) in [6, 6.07) is 1.77. The Bertz CT molecular complexity index is 401. The number of amides is 1. The molecule has 1 aromatic heterocycles. The lowest BCUT2D eigenvalue weighted by atomic mass is 9.99. The summed E-state index contributed by atoms with van der Waals surface area (Å²) in [7, 11) is 0. The number of carbonyl (C=O) groups excluding carboxylic acids is 1. The molecule has 1 amide bonds. The van der Waals surface area contributed by atoms with Crippen LogP contribution in [0.5, 0.6) is 0 Å². The molecule has 1 saturated heterocycles. The number of carboxylic acid groups (broad SMARTS) is 1. The van der Waals surface area contributed by atoms with Crippen molar-refractivity contribution in [1.82, 2.24) is 4.90 Å². The second kappa shape index (κ2) is 4.25. The Kier molecular flexibility index (Phi) is 2.96. The van der Waals surface area contributed by atoms with E-state index in [0.717, 1.165) is 0 Å². The summed E-state index contributed by atoms with van der Waals surface area (Å²) in [4.78, 5) is 24.5. The number of rotatable bonds is 2. The minimum atomic E-state index is -0.812. The minimum absolute atomic E-state index is 0.0279. The molecule has 2 unspecified atom stereocenters. The van der Waals surface area contributed by atoms with Crippen LogP contribution in [0.15, 0.2) is 16.8 Å². The van der Waals surface area contributed by atoms with Gasteiger partial charge in [-0.05, 0) is 17.4 Å². The van der Waals surface area contributed by atoms with Gasteiger partial charge in [0.2, 0.25) is 0 Å². The van der Waals surface area contributed by atoms with Crippen molar-refractivity contribution in [2.45, 2.75) is 6.92 Å². The zero-order valence-electron chi connectivity index (χ0n) is 8.92. The predicted octanol–water partition coefficient (Wildman–Crippen LogP) is 1.54. The van der Waals surface area contributed by atoms with E-state index in [4.69, 9.17) is 5.11 Å². The van der Waals surface area contributed by atoms with E-state index in [0.29, 0.717) is 18.7 Å². The maximum absolute atomic E-state index is 12.0. The summed E-state index contributed by atoms with van der Waals surface area (Å²) in [6.45, 7) is 2.73. The SMILES string of the molecule is CC1CN(C(=O)c2ccsc2)CC1C(=O)O. The highest BCUT2D eigenvalue weighted by molar-refractivity contribution is 7.08. The normalized spacial score (nSPS) is 24.7. The van der Waals surface area contributed by atoms with Gasteiger partial charge < -0.3 is 10.0 Å². The molecule has 2 atom stereocenters. The second-order valence-corrected chi connectivity index (χ2v) is 4.92. The fourth-order valence-corrected chi connectivity index (χ4v) is 2.65. The first-order valence-electron chi connectivity index (χ1n) is 5.14. The van der Waals surface area contributed by atoms with Crippen molar-refractivity contribution in [2.75, 3.05) is 13.1 Å². The number of hydrogen-bond donors (Lipinski definition) is 1. The minimum Gasteiger partial charge on any atom is -0.481 e. The van der Waals surface area contributed by atoms with E-state index in [1.165, 1.54) is 11.3 Å². The largest absolute Gasteiger partial charge is 0.481 e. The Balaban J connectivity index is 2.09. The number of likely N-dealkylation sites (tertiary alicyclic amines) is 1. The highest BCUT2D eigenvalue weighted by Gasteiger charge is 2.37. The maximum atomic E-state index is 12.0. The third kappa shape index (κ3) is 1.95. The number of aliphatic carboxylic acids is 1. The van der Waals surface area contributed by atoms with Crippen LogP contribution in [-0.2, 0) is 4.79 Å². The first-order chi connectivity index (χ1) is 7.59. The molecule has 2 rings (SSSR count). The third-order valence-electron chi connectivity index (χ3n) is 2.98. The van der Waals surface area contributed by atoms with Crippen LogP contribution >= 0.6 is 11.3 Å². The van der Waals surface area contributed by atoms with Crippen LogP contribution in [0.1, 0.15) is 17.3 Å². The molecule has 1 N–H and O–H groups in total. The lowest BCUT2D eigenvalue weighted by Crippen LogP contribution is -2.29. The van der Waals surface area contributed by atoms with Crippen molar-refractivity contribution in [3.05, 3.63) is 22.4 Å². The first-order valence-corrected chi connectivity index (χ1v) is 6.08. The Hall–Kier alpha value is -1.36. The lowest BCUT2D eigenvalue weighted by Gasteiger charge is -2.14. The Morgan fingerprint density at radius 2 is 2.25 bits per heavy atom. The van der Waals surface area contributed by atoms with Crippen LogP contribution in [-0.4, -0.2) is 35.0 Å². The molecule has 2 heterocycles. The molecule has 4 nitrogen and oxygen atoms in total. The van der Waals surface area contributed by atoms with Crippen molar-refractivity contribution in [3.63, 3.8) is 0 Å². The zero-order chi connectivity index (χ0) is 11.7. The van der Waals surface area contributed by atoms with Gasteiger partial charge in [-0.1, -0.05) is 6.92 Å². The molecule has 16 heavy (non-hydrogen) atoms. The van der Waals surface area contributed by atoms with Crippen molar-refractivity contribution in [1.29, 1.82) is 0 Å². The van der Waals surface area contributed by atoms with E-state index in [1.807, 2.05) is 12.3 Å². The number of carboxylic acids is 1. The fourth-order valence-electron chi connectivity index (χ4n) is 2.02. The molecular formula is C11H13NO3S. The Morgan fingerprint density at radius 1 is 1.50 bits per heavy atom. The molecule has 0 bridgehead atoms. The zero-order valence-corrected chi connectivity index (χ0v) is 9.74. The molecule has 0 aromatic carbocycles. The van der Waals surface area contributed by atoms with E-state index in [2.05, 4.69) is 0 Å². The van der Waals surface area contributed by atoms with Crippen LogP contribution in [0.4, 0.5) is 0 Å². The number of thiophene rings is 1. The molecule has 86 valence electrons. The van der Waals surface area contributed by atoms with Crippen LogP contribution in [0.2, 0.25) is 0 Å². The van der Waals surface area contributed by atoms with Gasteiger partial charge in [-0.2, -0.15) is 11.3 Å². The van der Waals surface area contributed by atoms with Gasteiger partial charge >= 0.3 is 5.97 Å². The van der Waals surface area contributed by atoms with E-state index in [1.54, 1.807) is 16.3 Å². The highest BCUT2D eigenvalue weighted by atomic mass is 32.1. The molecule has 0 saturated carbocycles. The quantitative estimate of drug-likeness (QED) is 0.851. The van der Waals surface area contributed by atoms with Gasteiger partial charge in [0.15, 0.2) is 0 Å². The summed E-state index contributed by atoms with van der Waals surface area (Å²) < 4.78 is 0. The molecule has 0 aliphatic carbocycles. The van der Waals surface area contributed by atoms with Crippen molar-refractivity contribution in [3.8, 4) is 0 Å². The number of nitrogens with zero attached hydrogens (tertiary/aromatic N) is 1. The van der Waals surface area contributed by atoms with E-state index in [-0.39, 0.29) is 11.8 Å². The Labute approximate surface area is 97.5 Å². The molecule has 1 aliphatic heterocycles. The monoisotopic (exact) mass is 239 g/mol. The summed E-state index contributed by atoms with van der Waals surface area (Å²) >= 11 is 1.47. The van der Waals surface area contributed by atoms with Gasteiger partial charge in [-0.3, -0.25) is 9.59 Å². The topological polar surface area (TPSA) is 57.6 Å². The van der Waals surface area contributed by atoms with Crippen LogP contribution < -0.4 is 0 Å². The summed E-state index contributed by atoms with van der Waals surface area (Å²) in [5.74, 6) is -1.27. The summed E-state index contributed by atoms with van der Waals surface area (Å²) in [5.41, 5.74) is 0.656. The summed E-state index contributed by atoms with van der Waals surface area (Å²) in [6.07, 6.45) is 0. The maximum Gasteiger partial charge on any atom is 0.308 e. The van der Waals surface area contributed by atoms with Crippen LogP contribution in [0.25, 0.3) is 0 Å². The fraction of sp³-hybridized carbons (Fsp3) is 0.455. The van der Waals surface area contributed by atoms with E-state index < -0.39 is 11.9 Å². The first kappa shape index (κ1) is 11.1. The molecule has 0 radical (unpaired) electrons. The molecule has 1 aromatic rings. The molecular weight excluding hydrogens is 226 g/mol. The van der Waals surface area contributed by atoms with Crippen molar-refractivity contribution >= 4 is 23.2 Å². The van der Waals surface area contributed by atoms with Gasteiger partial charge in [0.25, 0.3) is 5.91 Å². The van der Waals surface area contributed by atoms with Crippen molar-refractivity contribution in [2.24, 2.45) is 11.8 Å². The average Bonchev–Trinajstić information content (AvgIpc) is 2.84.